The molecule has 2 spiro atoms. The second-order valence-corrected chi connectivity index (χ2v) is 18.8. The number of aryl methyl sites for hydroxylation is 4. The quantitative estimate of drug-likeness (QED) is 0.141. The zero-order chi connectivity index (χ0) is 44.1. The van der Waals surface area contributed by atoms with Gasteiger partial charge in [-0.1, -0.05) is 104 Å². The van der Waals surface area contributed by atoms with Crippen molar-refractivity contribution in [1.29, 1.82) is 0 Å². The van der Waals surface area contributed by atoms with Gasteiger partial charge in [0.15, 0.2) is 12.6 Å². The van der Waals surface area contributed by atoms with Crippen molar-refractivity contribution in [3.05, 3.63) is 80.3 Å². The number of hydrogen-bond donors (Lipinski definition) is 3. The molecular formula is C49H67ClN2O8. The van der Waals surface area contributed by atoms with Crippen molar-refractivity contribution in [3.8, 4) is 0 Å². The molecule has 0 atom stereocenters. The Balaban J connectivity index is 0.000000277. The predicted molar refractivity (Wildman–Crippen MR) is 239 cm³/mol. The summed E-state index contributed by atoms with van der Waals surface area (Å²) in [7, 11) is 0. The van der Waals surface area contributed by atoms with E-state index in [9.17, 15) is 33.9 Å². The van der Waals surface area contributed by atoms with Crippen molar-refractivity contribution >= 4 is 58.3 Å². The highest BCUT2D eigenvalue weighted by Crippen LogP contribution is 2.46. The van der Waals surface area contributed by atoms with Crippen molar-refractivity contribution in [3.63, 3.8) is 0 Å². The third-order valence-electron chi connectivity index (χ3n) is 11.6. The first kappa shape index (κ1) is 49.8. The number of nitrogens with one attached hydrogen (secondary N) is 2. The van der Waals surface area contributed by atoms with Crippen LogP contribution in [0.25, 0.3) is 11.1 Å². The topological polar surface area (TPSA) is 156 Å². The molecule has 3 N–H and O–H groups in total. The number of hydrogen-bond acceptors (Lipinski definition) is 8. The molecule has 2 aromatic carbocycles. The smallest absolute Gasteiger partial charge is 0.316 e. The minimum Gasteiger partial charge on any atom is -0.509 e. The fourth-order valence-electron chi connectivity index (χ4n) is 8.38. The summed E-state index contributed by atoms with van der Waals surface area (Å²) in [5.41, 5.74) is 4.22. The first-order valence-corrected chi connectivity index (χ1v) is 21.4. The molecule has 2 amide bonds. The molecule has 2 fully saturated rings. The summed E-state index contributed by atoms with van der Waals surface area (Å²) in [4.78, 5) is 72.4. The van der Waals surface area contributed by atoms with Crippen LogP contribution in [0.1, 0.15) is 181 Å². The van der Waals surface area contributed by atoms with Crippen LogP contribution < -0.4 is 10.6 Å². The summed E-state index contributed by atoms with van der Waals surface area (Å²) >= 11 is 5.11. The van der Waals surface area contributed by atoms with Gasteiger partial charge in [-0.3, -0.25) is 28.8 Å². The van der Waals surface area contributed by atoms with E-state index in [1.807, 2.05) is 39.8 Å². The molecule has 2 aliphatic carbocycles. The first-order chi connectivity index (χ1) is 27.6. The molecule has 2 saturated carbocycles. The van der Waals surface area contributed by atoms with Crippen molar-refractivity contribution < 1.29 is 38.6 Å². The Labute approximate surface area is 362 Å². The van der Waals surface area contributed by atoms with E-state index in [0.29, 0.717) is 52.0 Å². The van der Waals surface area contributed by atoms with Crippen LogP contribution in [-0.4, -0.2) is 51.8 Å². The zero-order valence-electron chi connectivity index (χ0n) is 36.6. The molecular weight excluding hydrogens is 780 g/mol. The summed E-state index contributed by atoms with van der Waals surface area (Å²) in [6.07, 6.45) is 12.1. The first-order valence-electron chi connectivity index (χ1n) is 21.0. The summed E-state index contributed by atoms with van der Waals surface area (Å²) in [5, 5.41) is 16.7. The van der Waals surface area contributed by atoms with Crippen LogP contribution >= 0.6 is 11.6 Å². The molecule has 2 aromatic rings. The van der Waals surface area contributed by atoms with Crippen LogP contribution in [0.2, 0.25) is 0 Å². The van der Waals surface area contributed by atoms with E-state index >= 15 is 0 Å². The Morgan fingerprint density at radius 1 is 0.700 bits per heavy atom. The highest BCUT2D eigenvalue weighted by atomic mass is 35.5. The maximum absolute atomic E-state index is 13.2. The van der Waals surface area contributed by atoms with Crippen LogP contribution in [0.4, 0.5) is 0 Å². The molecule has 2 heterocycles. The summed E-state index contributed by atoms with van der Waals surface area (Å²) in [6, 6.07) is 7.55. The lowest BCUT2D eigenvalue weighted by molar-refractivity contribution is -0.149. The average molecular weight is 848 g/mol. The standard InChI is InChI=1S/C24H31NO4.C19H23NO3.C5H9ClO.CH4/c1-6-16-12-15(2)13-17(14-26)18(16)19-20(29-22(28)23(3,4)5)24(25-21(19)27)10-8-7-9-11-24;1-3-13-9-12(2)10-14(11-21)15(13)16-17(22)19(20-18(16)23)7-5-4-6-8-19;1-5(2,3)4(6)7;/h12-14H,6-11H2,1-5H3,(H,25,27);9-11,22H,3-8H2,1-2H3,(H,20,23);1-3H3;1H4. The molecule has 6 rings (SSSR count). The number of benzene rings is 2. The van der Waals surface area contributed by atoms with Gasteiger partial charge in [-0.05, 0) is 108 Å². The molecule has 2 aliphatic heterocycles. The van der Waals surface area contributed by atoms with Gasteiger partial charge < -0.3 is 20.5 Å². The number of aliphatic hydroxyl groups excluding tert-OH is 1. The van der Waals surface area contributed by atoms with Gasteiger partial charge in [0.1, 0.15) is 11.5 Å². The van der Waals surface area contributed by atoms with Crippen molar-refractivity contribution in [2.75, 3.05) is 0 Å². The minimum absolute atomic E-state index is 0. The number of aldehydes is 2. The van der Waals surface area contributed by atoms with Gasteiger partial charge >= 0.3 is 5.97 Å². The summed E-state index contributed by atoms with van der Waals surface area (Å²) < 4.78 is 5.98. The van der Waals surface area contributed by atoms with Crippen LogP contribution in [0.3, 0.4) is 0 Å². The molecule has 4 aliphatic rings. The van der Waals surface area contributed by atoms with Crippen molar-refractivity contribution in [2.24, 2.45) is 10.8 Å². The monoisotopic (exact) mass is 846 g/mol. The SMILES string of the molecule is C.CC(C)(C)C(=O)Cl.CCc1cc(C)cc(C=O)c1C1=C(O)C2(CCCCC2)NC1=O.CCc1cc(C)cc(C=O)c1C1=C(OC(=O)C(C)(C)C)C2(CCCCC2)NC1=O. The van der Waals surface area contributed by atoms with E-state index in [1.54, 1.807) is 53.7 Å². The normalized spacial score (nSPS) is 18.1. The fraction of sp³-hybridized carbons (Fsp3) is 0.551. The van der Waals surface area contributed by atoms with E-state index in [2.05, 4.69) is 10.6 Å². The second-order valence-electron chi connectivity index (χ2n) is 18.5. The summed E-state index contributed by atoms with van der Waals surface area (Å²) in [5.74, 6) is -0.354. The predicted octanol–water partition coefficient (Wildman–Crippen LogP) is 10.4. The lowest BCUT2D eigenvalue weighted by atomic mass is 9.79. The van der Waals surface area contributed by atoms with Gasteiger partial charge in [0.2, 0.25) is 5.24 Å². The molecule has 11 heteroatoms. The number of aliphatic hydroxyl groups is 1. The number of halogens is 1. The van der Waals surface area contributed by atoms with Crippen molar-refractivity contribution in [2.45, 2.75) is 165 Å². The summed E-state index contributed by atoms with van der Waals surface area (Å²) in [6.45, 7) is 18.6. The van der Waals surface area contributed by atoms with E-state index in [0.717, 1.165) is 99.0 Å². The maximum atomic E-state index is 13.2. The number of carbonyl (C=O) groups excluding carboxylic acids is 6. The third-order valence-corrected chi connectivity index (χ3v) is 12.2. The van der Waals surface area contributed by atoms with Crippen LogP contribution in [0, 0.1) is 24.7 Å². The highest BCUT2D eigenvalue weighted by Gasteiger charge is 2.50. The minimum atomic E-state index is -0.700. The fourth-order valence-corrected chi connectivity index (χ4v) is 8.38. The van der Waals surface area contributed by atoms with E-state index < -0.39 is 16.5 Å². The molecule has 0 unspecified atom stereocenters. The molecule has 328 valence electrons. The average Bonchev–Trinajstić information content (AvgIpc) is 3.56. The third kappa shape index (κ3) is 10.7. The van der Waals surface area contributed by atoms with Gasteiger partial charge in [-0.2, -0.15) is 0 Å². The van der Waals surface area contributed by atoms with Crippen LogP contribution in [-0.2, 0) is 36.8 Å². The van der Waals surface area contributed by atoms with E-state index in [1.165, 1.54) is 0 Å². The van der Waals surface area contributed by atoms with Gasteiger partial charge in [0.25, 0.3) is 11.8 Å². The van der Waals surface area contributed by atoms with Crippen LogP contribution in [0.15, 0.2) is 35.8 Å². The largest absolute Gasteiger partial charge is 0.509 e. The lowest BCUT2D eigenvalue weighted by Gasteiger charge is -2.35. The molecule has 0 bridgehead atoms. The lowest BCUT2D eigenvalue weighted by Crippen LogP contribution is -2.47. The molecule has 60 heavy (non-hydrogen) atoms. The van der Waals surface area contributed by atoms with E-state index in [-0.39, 0.29) is 41.6 Å². The van der Waals surface area contributed by atoms with Gasteiger partial charge in [-0.15, -0.1) is 0 Å². The second kappa shape index (κ2) is 19.9. The number of rotatable bonds is 7. The Hall–Kier alpha value is -4.57. The molecule has 10 nitrogen and oxygen atoms in total. The Bertz CT molecular complexity index is 2050. The number of ether oxygens (including phenoxy) is 1. The van der Waals surface area contributed by atoms with Gasteiger partial charge in [-0.25, -0.2) is 0 Å². The van der Waals surface area contributed by atoms with Gasteiger partial charge in [0.05, 0.1) is 27.6 Å². The Kier molecular flexibility index (Phi) is 16.5. The number of carbonyl (C=O) groups is 6. The Morgan fingerprint density at radius 3 is 1.47 bits per heavy atom. The van der Waals surface area contributed by atoms with Crippen LogP contribution in [0.5, 0.6) is 0 Å². The van der Waals surface area contributed by atoms with E-state index in [4.69, 9.17) is 16.3 Å². The zero-order valence-corrected chi connectivity index (χ0v) is 37.4. The molecule has 0 saturated heterocycles. The van der Waals surface area contributed by atoms with Gasteiger partial charge in [0, 0.05) is 27.7 Å². The highest BCUT2D eigenvalue weighted by molar-refractivity contribution is 6.64. The molecule has 0 aromatic heterocycles. The van der Waals surface area contributed by atoms with Crippen molar-refractivity contribution in [1.82, 2.24) is 10.6 Å². The number of amides is 2. The Morgan fingerprint density at radius 2 is 1.08 bits per heavy atom. The maximum Gasteiger partial charge on any atom is 0.316 e. The number of esters is 1. The molecule has 0 radical (unpaired) electrons.